The summed E-state index contributed by atoms with van der Waals surface area (Å²) in [7, 11) is 2.03. The van der Waals surface area contributed by atoms with E-state index in [9.17, 15) is 4.79 Å². The first kappa shape index (κ1) is 15.7. The van der Waals surface area contributed by atoms with E-state index < -0.39 is 0 Å². The van der Waals surface area contributed by atoms with E-state index in [4.69, 9.17) is 5.84 Å². The van der Waals surface area contributed by atoms with Crippen LogP contribution in [-0.2, 0) is 13.1 Å². The molecule has 0 unspecified atom stereocenters. The molecule has 110 valence electrons. The van der Waals surface area contributed by atoms with E-state index in [0.29, 0.717) is 12.1 Å². The predicted molar refractivity (Wildman–Crippen MR) is 87.4 cm³/mol. The van der Waals surface area contributed by atoms with Gasteiger partial charge in [-0.25, -0.2) is 5.84 Å². The number of nitrogens with one attached hydrogen (secondary N) is 1. The summed E-state index contributed by atoms with van der Waals surface area (Å²) in [6, 6.07) is 15.7. The van der Waals surface area contributed by atoms with E-state index >= 15 is 0 Å². The minimum absolute atomic E-state index is 0.263. The minimum atomic E-state index is -0.263. The largest absolute Gasteiger partial charge is 0.298 e. The molecule has 4 nitrogen and oxygen atoms in total. The van der Waals surface area contributed by atoms with Crippen molar-refractivity contribution in [3.8, 4) is 0 Å². The number of benzene rings is 2. The van der Waals surface area contributed by atoms with Gasteiger partial charge in [0, 0.05) is 23.1 Å². The molecule has 0 fully saturated rings. The van der Waals surface area contributed by atoms with Crippen LogP contribution in [0.4, 0.5) is 0 Å². The molecular formula is C16H18BrN3O. The molecule has 0 aliphatic carbocycles. The molecule has 21 heavy (non-hydrogen) atoms. The van der Waals surface area contributed by atoms with Gasteiger partial charge in [-0.15, -0.1) is 0 Å². The number of hydrazine groups is 1. The van der Waals surface area contributed by atoms with Gasteiger partial charge in [-0.3, -0.25) is 15.1 Å². The Morgan fingerprint density at radius 3 is 2.67 bits per heavy atom. The van der Waals surface area contributed by atoms with Crippen LogP contribution in [0.5, 0.6) is 0 Å². The van der Waals surface area contributed by atoms with Gasteiger partial charge < -0.3 is 0 Å². The molecule has 0 bridgehead atoms. The fourth-order valence-corrected chi connectivity index (χ4v) is 2.70. The molecule has 2 aromatic rings. The monoisotopic (exact) mass is 347 g/mol. The zero-order chi connectivity index (χ0) is 15.2. The number of hydrogen-bond donors (Lipinski definition) is 2. The molecule has 0 aliphatic rings. The third-order valence-electron chi connectivity index (χ3n) is 3.17. The van der Waals surface area contributed by atoms with E-state index in [0.717, 1.165) is 16.6 Å². The fraction of sp³-hybridized carbons (Fsp3) is 0.188. The molecule has 3 N–H and O–H groups in total. The van der Waals surface area contributed by atoms with E-state index in [1.807, 2.05) is 37.4 Å². The van der Waals surface area contributed by atoms with Gasteiger partial charge in [0.2, 0.25) is 0 Å². The predicted octanol–water partition coefficient (Wildman–Crippen LogP) is 2.68. The van der Waals surface area contributed by atoms with Crippen molar-refractivity contribution >= 4 is 21.8 Å². The third kappa shape index (κ3) is 4.39. The molecule has 0 saturated heterocycles. The number of amides is 1. The highest BCUT2D eigenvalue weighted by molar-refractivity contribution is 9.10. The molecule has 0 aliphatic heterocycles. The molecule has 0 atom stereocenters. The molecule has 5 heteroatoms. The van der Waals surface area contributed by atoms with E-state index in [2.05, 4.69) is 38.4 Å². The van der Waals surface area contributed by atoms with Gasteiger partial charge in [0.1, 0.15) is 0 Å². The SMILES string of the molecule is CN(Cc1cccc(Br)c1)Cc1ccccc1C(=O)NN. The number of nitrogen functional groups attached to an aromatic ring is 1. The van der Waals surface area contributed by atoms with Crippen molar-refractivity contribution in [1.29, 1.82) is 0 Å². The van der Waals surface area contributed by atoms with Gasteiger partial charge in [0.15, 0.2) is 0 Å². The summed E-state index contributed by atoms with van der Waals surface area (Å²) in [4.78, 5) is 13.9. The highest BCUT2D eigenvalue weighted by Gasteiger charge is 2.11. The summed E-state index contributed by atoms with van der Waals surface area (Å²) < 4.78 is 1.07. The van der Waals surface area contributed by atoms with Crippen molar-refractivity contribution in [2.24, 2.45) is 5.84 Å². The first-order valence-corrected chi connectivity index (χ1v) is 7.41. The summed E-state index contributed by atoms with van der Waals surface area (Å²) in [6.07, 6.45) is 0. The summed E-state index contributed by atoms with van der Waals surface area (Å²) in [5.41, 5.74) is 4.97. The standard InChI is InChI=1S/C16H18BrN3O/c1-20(10-12-5-4-7-14(17)9-12)11-13-6-2-3-8-15(13)16(21)19-18/h2-9H,10-11,18H2,1H3,(H,19,21). The molecule has 1 amide bonds. The average molecular weight is 348 g/mol. The van der Waals surface area contributed by atoms with Crippen LogP contribution in [0.2, 0.25) is 0 Å². The normalized spacial score (nSPS) is 10.7. The first-order valence-electron chi connectivity index (χ1n) is 6.62. The molecule has 2 rings (SSSR count). The van der Waals surface area contributed by atoms with Crippen molar-refractivity contribution < 1.29 is 4.79 Å². The number of halogens is 1. The second kappa shape index (κ2) is 7.36. The number of rotatable bonds is 5. The zero-order valence-corrected chi connectivity index (χ0v) is 13.4. The van der Waals surface area contributed by atoms with Crippen molar-refractivity contribution in [2.75, 3.05) is 7.05 Å². The molecule has 2 aromatic carbocycles. The lowest BCUT2D eigenvalue weighted by Crippen LogP contribution is -2.31. The van der Waals surface area contributed by atoms with Gasteiger partial charge in [0.05, 0.1) is 0 Å². The number of hydrogen-bond acceptors (Lipinski definition) is 3. The third-order valence-corrected chi connectivity index (χ3v) is 3.67. The Hall–Kier alpha value is -1.69. The Balaban J connectivity index is 2.09. The maximum atomic E-state index is 11.8. The molecule has 0 radical (unpaired) electrons. The van der Waals surface area contributed by atoms with E-state index in [-0.39, 0.29) is 5.91 Å². The first-order chi connectivity index (χ1) is 10.1. The van der Waals surface area contributed by atoms with Crippen LogP contribution < -0.4 is 11.3 Å². The van der Waals surface area contributed by atoms with Gasteiger partial charge in [-0.05, 0) is 36.4 Å². The van der Waals surface area contributed by atoms with E-state index in [1.165, 1.54) is 5.56 Å². The van der Waals surface area contributed by atoms with Crippen LogP contribution in [-0.4, -0.2) is 17.9 Å². The summed E-state index contributed by atoms with van der Waals surface area (Å²) >= 11 is 3.47. The topological polar surface area (TPSA) is 58.4 Å². The Labute approximate surface area is 133 Å². The maximum absolute atomic E-state index is 11.8. The Morgan fingerprint density at radius 1 is 1.19 bits per heavy atom. The lowest BCUT2D eigenvalue weighted by atomic mass is 10.1. The number of carbonyl (C=O) groups is 1. The van der Waals surface area contributed by atoms with Gasteiger partial charge in [-0.2, -0.15) is 0 Å². The second-order valence-corrected chi connectivity index (χ2v) is 5.85. The molecule has 0 spiro atoms. The van der Waals surface area contributed by atoms with Crippen molar-refractivity contribution in [3.63, 3.8) is 0 Å². The average Bonchev–Trinajstić information content (AvgIpc) is 2.47. The Morgan fingerprint density at radius 2 is 1.95 bits per heavy atom. The smallest absolute Gasteiger partial charge is 0.265 e. The van der Waals surface area contributed by atoms with Crippen molar-refractivity contribution in [3.05, 3.63) is 69.7 Å². The maximum Gasteiger partial charge on any atom is 0.265 e. The van der Waals surface area contributed by atoms with Gasteiger partial charge in [-0.1, -0.05) is 46.3 Å². The molecular weight excluding hydrogens is 330 g/mol. The highest BCUT2D eigenvalue weighted by Crippen LogP contribution is 2.15. The Kier molecular flexibility index (Phi) is 5.50. The number of nitrogens with two attached hydrogens (primary N) is 1. The van der Waals surface area contributed by atoms with E-state index in [1.54, 1.807) is 6.07 Å². The summed E-state index contributed by atoms with van der Waals surface area (Å²) in [5, 5.41) is 0. The van der Waals surface area contributed by atoms with Gasteiger partial charge in [0.25, 0.3) is 5.91 Å². The quantitative estimate of drug-likeness (QED) is 0.496. The van der Waals surface area contributed by atoms with Crippen LogP contribution in [0.15, 0.2) is 53.0 Å². The highest BCUT2D eigenvalue weighted by atomic mass is 79.9. The summed E-state index contributed by atoms with van der Waals surface area (Å²) in [5.74, 6) is 4.96. The van der Waals surface area contributed by atoms with Crippen LogP contribution in [0.1, 0.15) is 21.5 Å². The van der Waals surface area contributed by atoms with Crippen LogP contribution in [0.25, 0.3) is 0 Å². The lowest BCUT2D eigenvalue weighted by molar-refractivity contribution is 0.0952. The second-order valence-electron chi connectivity index (χ2n) is 4.93. The molecule has 0 heterocycles. The summed E-state index contributed by atoms with van der Waals surface area (Å²) in [6.45, 7) is 1.48. The number of carbonyl (C=O) groups excluding carboxylic acids is 1. The van der Waals surface area contributed by atoms with Crippen LogP contribution in [0, 0.1) is 0 Å². The minimum Gasteiger partial charge on any atom is -0.298 e. The lowest BCUT2D eigenvalue weighted by Gasteiger charge is -2.18. The van der Waals surface area contributed by atoms with Crippen LogP contribution >= 0.6 is 15.9 Å². The molecule has 0 aromatic heterocycles. The van der Waals surface area contributed by atoms with Gasteiger partial charge >= 0.3 is 0 Å². The van der Waals surface area contributed by atoms with Crippen molar-refractivity contribution in [2.45, 2.75) is 13.1 Å². The zero-order valence-electron chi connectivity index (χ0n) is 11.8. The number of nitrogens with zero attached hydrogens (tertiary/aromatic N) is 1. The van der Waals surface area contributed by atoms with Crippen LogP contribution in [0.3, 0.4) is 0 Å². The molecule has 0 saturated carbocycles. The van der Waals surface area contributed by atoms with Crippen molar-refractivity contribution in [1.82, 2.24) is 10.3 Å². The Bertz CT molecular complexity index is 630. The fourth-order valence-electron chi connectivity index (χ4n) is 2.25.